The summed E-state index contributed by atoms with van der Waals surface area (Å²) in [6.07, 6.45) is -5.31. The zero-order valence-corrected chi connectivity index (χ0v) is 17.9. The van der Waals surface area contributed by atoms with E-state index in [4.69, 9.17) is 0 Å². The van der Waals surface area contributed by atoms with Crippen LogP contribution in [0.4, 0.5) is 18.9 Å². The van der Waals surface area contributed by atoms with Gasteiger partial charge in [0.1, 0.15) is 0 Å². The fourth-order valence-corrected chi connectivity index (χ4v) is 3.96. The Morgan fingerprint density at radius 3 is 2.12 bits per heavy atom. The highest BCUT2D eigenvalue weighted by Crippen LogP contribution is 2.46. The summed E-state index contributed by atoms with van der Waals surface area (Å²) in [5.74, 6) is -3.34. The molecule has 168 valence electrons. The Hall–Kier alpha value is -3.42. The molecule has 2 aromatic carbocycles. The quantitative estimate of drug-likeness (QED) is 0.724. The van der Waals surface area contributed by atoms with Crippen LogP contribution >= 0.6 is 0 Å². The van der Waals surface area contributed by atoms with Gasteiger partial charge in [0.2, 0.25) is 11.4 Å². The van der Waals surface area contributed by atoms with E-state index in [1.807, 2.05) is 5.32 Å². The lowest BCUT2D eigenvalue weighted by Crippen LogP contribution is -2.66. The average Bonchev–Trinajstić information content (AvgIpc) is 2.95. The van der Waals surface area contributed by atoms with E-state index in [2.05, 4.69) is 0 Å². The molecular weight excluding hydrogens is 421 g/mol. The summed E-state index contributed by atoms with van der Waals surface area (Å²) in [5, 5.41) is 1.89. The molecule has 1 N–H and O–H groups in total. The van der Waals surface area contributed by atoms with Crippen molar-refractivity contribution in [3.8, 4) is 0 Å². The number of allylic oxidation sites excluding steroid dienone is 1. The second-order valence-electron chi connectivity index (χ2n) is 7.77. The number of Topliss-reactive ketones (excluding diaryl/α,β-unsaturated/α-hetero) is 1. The monoisotopic (exact) mass is 444 g/mol. The minimum atomic E-state index is -5.23. The number of halogens is 3. The topological polar surface area (TPSA) is 66.5 Å². The highest BCUT2D eigenvalue weighted by atomic mass is 19.4. The molecule has 32 heavy (non-hydrogen) atoms. The summed E-state index contributed by atoms with van der Waals surface area (Å²) in [7, 11) is 0. The van der Waals surface area contributed by atoms with Crippen molar-refractivity contribution in [3.63, 3.8) is 0 Å². The van der Waals surface area contributed by atoms with Gasteiger partial charge in [0.25, 0.3) is 5.91 Å². The van der Waals surface area contributed by atoms with Gasteiger partial charge in [0, 0.05) is 17.8 Å². The number of carbonyl (C=O) groups excluding carboxylic acids is 3. The number of nitrogens with one attached hydrogen (secondary N) is 1. The number of ketones is 1. The van der Waals surface area contributed by atoms with Gasteiger partial charge in [0.05, 0.1) is 5.57 Å². The van der Waals surface area contributed by atoms with E-state index in [1.54, 1.807) is 49.4 Å². The normalized spacial score (nSPS) is 18.8. The molecule has 5 nitrogen and oxygen atoms in total. The Kier molecular flexibility index (Phi) is 6.25. The van der Waals surface area contributed by atoms with Gasteiger partial charge in [-0.05, 0) is 44.9 Å². The molecule has 2 aromatic rings. The van der Waals surface area contributed by atoms with Crippen LogP contribution in [0.15, 0.2) is 65.9 Å². The number of benzene rings is 2. The highest BCUT2D eigenvalue weighted by molar-refractivity contribution is 6.19. The Morgan fingerprint density at radius 1 is 1.00 bits per heavy atom. The third-order valence-electron chi connectivity index (χ3n) is 5.48. The molecule has 0 saturated carbocycles. The third kappa shape index (κ3) is 4.04. The number of anilines is 1. The zero-order chi connectivity index (χ0) is 23.7. The van der Waals surface area contributed by atoms with Crippen molar-refractivity contribution in [1.82, 2.24) is 5.32 Å². The molecule has 0 bridgehead atoms. The summed E-state index contributed by atoms with van der Waals surface area (Å²) in [5.41, 5.74) is -2.58. The molecule has 2 amide bonds. The van der Waals surface area contributed by atoms with Crippen LogP contribution in [0.1, 0.15) is 31.4 Å². The second-order valence-corrected chi connectivity index (χ2v) is 7.77. The zero-order valence-electron chi connectivity index (χ0n) is 17.9. The van der Waals surface area contributed by atoms with E-state index < -0.39 is 34.9 Å². The van der Waals surface area contributed by atoms with Crippen molar-refractivity contribution in [2.75, 3.05) is 4.90 Å². The molecular formula is C24H23F3N2O3. The van der Waals surface area contributed by atoms with Crippen molar-refractivity contribution in [1.29, 1.82) is 0 Å². The van der Waals surface area contributed by atoms with Gasteiger partial charge in [0.15, 0.2) is 5.78 Å². The summed E-state index contributed by atoms with van der Waals surface area (Å²) in [4.78, 5) is 39.1. The van der Waals surface area contributed by atoms with Gasteiger partial charge in [-0.1, -0.05) is 48.0 Å². The molecule has 0 aromatic heterocycles. The highest BCUT2D eigenvalue weighted by Gasteiger charge is 2.70. The third-order valence-corrected chi connectivity index (χ3v) is 5.48. The average molecular weight is 444 g/mol. The van der Waals surface area contributed by atoms with Crippen LogP contribution in [0.25, 0.3) is 0 Å². The SMILES string of the molecule is CC(=O)C1=C(C)N(c2ccc(C)cc2)C(=O)[C@]1(NC(=O)CCc1ccccc1)C(F)(F)F. The molecule has 0 unspecified atom stereocenters. The first-order valence-electron chi connectivity index (χ1n) is 10.0. The number of rotatable bonds is 6. The molecule has 3 rings (SSSR count). The van der Waals surface area contributed by atoms with Gasteiger partial charge in [-0.15, -0.1) is 0 Å². The number of hydrogen-bond acceptors (Lipinski definition) is 3. The first kappa shape index (κ1) is 23.2. The molecule has 0 saturated heterocycles. The maximum atomic E-state index is 14.5. The largest absolute Gasteiger partial charge is 0.425 e. The predicted octanol–water partition coefficient (Wildman–Crippen LogP) is 4.25. The van der Waals surface area contributed by atoms with Crippen LogP contribution in [0.2, 0.25) is 0 Å². The van der Waals surface area contributed by atoms with E-state index in [1.165, 1.54) is 19.1 Å². The van der Waals surface area contributed by atoms with Gasteiger partial charge in [-0.2, -0.15) is 13.2 Å². The van der Waals surface area contributed by atoms with Crippen molar-refractivity contribution >= 4 is 23.3 Å². The molecule has 0 fully saturated rings. The van der Waals surface area contributed by atoms with E-state index in [0.717, 1.165) is 23.0 Å². The van der Waals surface area contributed by atoms with Crippen molar-refractivity contribution in [2.45, 2.75) is 45.3 Å². The number of alkyl halides is 3. The van der Waals surface area contributed by atoms with Gasteiger partial charge in [-0.3, -0.25) is 19.3 Å². The molecule has 8 heteroatoms. The van der Waals surface area contributed by atoms with Crippen LogP contribution < -0.4 is 10.2 Å². The second kappa shape index (κ2) is 8.61. The maximum absolute atomic E-state index is 14.5. The van der Waals surface area contributed by atoms with Crippen molar-refractivity contribution < 1.29 is 27.6 Å². The molecule has 1 aliphatic heterocycles. The van der Waals surface area contributed by atoms with Crippen molar-refractivity contribution in [2.24, 2.45) is 0 Å². The minimum Gasteiger partial charge on any atom is -0.330 e. The molecule has 1 heterocycles. The van der Waals surface area contributed by atoms with Crippen LogP contribution in [-0.2, 0) is 20.8 Å². The fraction of sp³-hybridized carbons (Fsp3) is 0.292. The molecule has 1 atom stereocenters. The van der Waals surface area contributed by atoms with E-state index in [-0.39, 0.29) is 24.2 Å². The van der Waals surface area contributed by atoms with Gasteiger partial charge in [-0.25, -0.2) is 0 Å². The first-order chi connectivity index (χ1) is 15.0. The standard InChI is InChI=1S/C24H23F3N2O3/c1-15-9-12-19(13-10-15)29-16(2)21(17(3)30)23(22(29)32,24(25,26)27)28-20(31)14-11-18-7-5-4-6-8-18/h4-10,12-13H,11,14H2,1-3H3,(H,28,31)/t23-/m0/s1. The molecule has 0 radical (unpaired) electrons. The number of carbonyl (C=O) groups is 3. The minimum absolute atomic E-state index is 0.160. The molecule has 0 spiro atoms. The summed E-state index contributed by atoms with van der Waals surface area (Å²) < 4.78 is 43.4. The lowest BCUT2D eigenvalue weighted by atomic mass is 9.86. The number of amides is 2. The summed E-state index contributed by atoms with van der Waals surface area (Å²) in [6, 6.07) is 15.1. The smallest absolute Gasteiger partial charge is 0.330 e. The lowest BCUT2D eigenvalue weighted by molar-refractivity contribution is -0.190. The van der Waals surface area contributed by atoms with E-state index >= 15 is 0 Å². The van der Waals surface area contributed by atoms with Crippen molar-refractivity contribution in [3.05, 3.63) is 77.0 Å². The van der Waals surface area contributed by atoms with Crippen LogP contribution in [0.3, 0.4) is 0 Å². The summed E-state index contributed by atoms with van der Waals surface area (Å²) in [6.45, 7) is 4.03. The number of hydrogen-bond donors (Lipinski definition) is 1. The molecule has 0 aliphatic carbocycles. The Balaban J connectivity index is 2.02. The van der Waals surface area contributed by atoms with Crippen LogP contribution in [0, 0.1) is 6.92 Å². The van der Waals surface area contributed by atoms with E-state index in [0.29, 0.717) is 0 Å². The lowest BCUT2D eigenvalue weighted by Gasteiger charge is -2.33. The Morgan fingerprint density at radius 2 is 1.59 bits per heavy atom. The Labute approximate surface area is 183 Å². The van der Waals surface area contributed by atoms with Gasteiger partial charge >= 0.3 is 6.18 Å². The maximum Gasteiger partial charge on any atom is 0.425 e. The van der Waals surface area contributed by atoms with Crippen LogP contribution in [-0.4, -0.2) is 29.3 Å². The number of aryl methyl sites for hydroxylation is 2. The van der Waals surface area contributed by atoms with E-state index in [9.17, 15) is 27.6 Å². The predicted molar refractivity (Wildman–Crippen MR) is 114 cm³/mol. The first-order valence-corrected chi connectivity index (χ1v) is 10.0. The number of nitrogens with zero attached hydrogens (tertiary/aromatic N) is 1. The summed E-state index contributed by atoms with van der Waals surface area (Å²) >= 11 is 0. The Bertz CT molecular complexity index is 1080. The van der Waals surface area contributed by atoms with Gasteiger partial charge < -0.3 is 5.32 Å². The molecule has 1 aliphatic rings. The van der Waals surface area contributed by atoms with Crippen LogP contribution in [0.5, 0.6) is 0 Å². The fourth-order valence-electron chi connectivity index (χ4n) is 3.96.